The van der Waals surface area contributed by atoms with Gasteiger partial charge in [-0.05, 0) is 18.8 Å². The molecule has 0 aromatic rings. The Morgan fingerprint density at radius 3 is 2.55 bits per heavy atom. The Bertz CT molecular complexity index is 211. The van der Waals surface area contributed by atoms with Crippen LogP contribution in [0.2, 0.25) is 0 Å². The van der Waals surface area contributed by atoms with E-state index in [9.17, 15) is 8.42 Å². The zero-order valence-electron chi connectivity index (χ0n) is 6.22. The van der Waals surface area contributed by atoms with Gasteiger partial charge in [-0.15, -0.1) is 11.6 Å². The van der Waals surface area contributed by atoms with Gasteiger partial charge in [0.25, 0.3) is 0 Å². The highest BCUT2D eigenvalue weighted by Crippen LogP contribution is 2.29. The smallest absolute Gasteiger partial charge is 0.211 e. The molecular weight excluding hydrogens is 186 g/mol. The molecule has 1 aliphatic rings. The number of hydrogen-bond donors (Lipinski definition) is 1. The van der Waals surface area contributed by atoms with E-state index in [-0.39, 0.29) is 5.75 Å². The summed E-state index contributed by atoms with van der Waals surface area (Å²) in [6.07, 6.45) is 2.11. The predicted molar refractivity (Wildman–Crippen MR) is 45.2 cm³/mol. The summed E-state index contributed by atoms with van der Waals surface area (Å²) in [7, 11) is -3.01. The van der Waals surface area contributed by atoms with E-state index in [1.165, 1.54) is 0 Å². The normalized spacial score (nSPS) is 18.6. The second kappa shape index (κ2) is 3.74. The van der Waals surface area contributed by atoms with Gasteiger partial charge < -0.3 is 0 Å². The first kappa shape index (κ1) is 9.29. The molecule has 0 saturated heterocycles. The van der Waals surface area contributed by atoms with E-state index >= 15 is 0 Å². The van der Waals surface area contributed by atoms with Crippen LogP contribution in [0.4, 0.5) is 0 Å². The molecule has 0 heterocycles. The molecule has 1 N–H and O–H groups in total. The highest BCUT2D eigenvalue weighted by Gasteiger charge is 2.27. The van der Waals surface area contributed by atoms with Crippen molar-refractivity contribution in [1.82, 2.24) is 4.72 Å². The lowest BCUT2D eigenvalue weighted by Crippen LogP contribution is -2.28. The molecule has 0 aliphatic heterocycles. The summed E-state index contributed by atoms with van der Waals surface area (Å²) in [5.74, 6) is 1.02. The van der Waals surface area contributed by atoms with Crippen molar-refractivity contribution in [2.75, 3.05) is 18.2 Å². The lowest BCUT2D eigenvalue weighted by atomic mass is 10.5. The van der Waals surface area contributed by atoms with Gasteiger partial charge in [-0.2, -0.15) is 0 Å². The molecule has 11 heavy (non-hydrogen) atoms. The van der Waals surface area contributed by atoms with Crippen LogP contribution in [-0.4, -0.2) is 26.6 Å². The van der Waals surface area contributed by atoms with Crippen LogP contribution in [0, 0.1) is 5.92 Å². The Labute approximate surface area is 72.2 Å². The van der Waals surface area contributed by atoms with Gasteiger partial charge in [0, 0.05) is 12.4 Å². The van der Waals surface area contributed by atoms with Gasteiger partial charge in [0.2, 0.25) is 10.0 Å². The first-order valence-electron chi connectivity index (χ1n) is 3.67. The molecule has 1 fully saturated rings. The van der Waals surface area contributed by atoms with E-state index in [4.69, 9.17) is 11.6 Å². The van der Waals surface area contributed by atoms with Crippen molar-refractivity contribution in [3.05, 3.63) is 0 Å². The van der Waals surface area contributed by atoms with Crippen LogP contribution in [0.1, 0.15) is 12.8 Å². The summed E-state index contributed by atoms with van der Waals surface area (Å²) in [6.45, 7) is 0.344. The minimum Gasteiger partial charge on any atom is -0.214 e. The van der Waals surface area contributed by atoms with Crippen molar-refractivity contribution in [1.29, 1.82) is 0 Å². The van der Waals surface area contributed by atoms with E-state index in [1.807, 2.05) is 0 Å². The minimum absolute atomic E-state index is 0.282. The van der Waals surface area contributed by atoms with E-state index in [2.05, 4.69) is 4.72 Å². The van der Waals surface area contributed by atoms with Crippen LogP contribution in [-0.2, 0) is 10.0 Å². The molecule has 5 heteroatoms. The first-order valence-corrected chi connectivity index (χ1v) is 5.86. The number of halogens is 1. The van der Waals surface area contributed by atoms with Crippen LogP contribution < -0.4 is 4.72 Å². The molecule has 0 radical (unpaired) electrons. The number of sulfonamides is 1. The maximum atomic E-state index is 11.1. The Morgan fingerprint density at radius 2 is 2.09 bits per heavy atom. The fourth-order valence-corrected chi connectivity index (χ4v) is 2.54. The molecule has 3 nitrogen and oxygen atoms in total. The highest BCUT2D eigenvalue weighted by molar-refractivity contribution is 7.89. The summed E-state index contributed by atoms with van der Waals surface area (Å²) in [5.41, 5.74) is 0. The largest absolute Gasteiger partial charge is 0.214 e. The first-order chi connectivity index (χ1) is 5.14. The van der Waals surface area contributed by atoms with Gasteiger partial charge in [-0.25, -0.2) is 13.1 Å². The Balaban J connectivity index is 2.26. The topological polar surface area (TPSA) is 46.2 Å². The summed E-state index contributed by atoms with van der Waals surface area (Å²) >= 11 is 5.33. The SMILES string of the molecule is O=S(=O)(CC1CC1)NCCCl. The van der Waals surface area contributed by atoms with Crippen LogP contribution >= 0.6 is 11.6 Å². The Hall–Kier alpha value is 0.200. The van der Waals surface area contributed by atoms with Crippen molar-refractivity contribution in [2.24, 2.45) is 5.92 Å². The van der Waals surface area contributed by atoms with Crippen molar-refractivity contribution >= 4 is 21.6 Å². The highest BCUT2D eigenvalue weighted by atomic mass is 35.5. The molecule has 0 spiro atoms. The van der Waals surface area contributed by atoms with Crippen molar-refractivity contribution in [3.8, 4) is 0 Å². The number of alkyl halides is 1. The standard InChI is InChI=1S/C6H12ClNO2S/c7-3-4-8-11(9,10)5-6-1-2-6/h6,8H,1-5H2. The molecule has 1 saturated carbocycles. The predicted octanol–water partition coefficient (Wildman–Crippen LogP) is 0.555. The summed E-state index contributed by atoms with van der Waals surface area (Å²) in [6, 6.07) is 0. The Kier molecular flexibility index (Phi) is 3.16. The maximum Gasteiger partial charge on any atom is 0.211 e. The van der Waals surface area contributed by atoms with Crippen molar-refractivity contribution in [3.63, 3.8) is 0 Å². The molecule has 0 aromatic heterocycles. The second-order valence-electron chi connectivity index (χ2n) is 2.81. The molecule has 0 amide bonds. The molecule has 0 unspecified atom stereocenters. The molecule has 0 bridgehead atoms. The lowest BCUT2D eigenvalue weighted by Gasteiger charge is -2.02. The summed E-state index contributed by atoms with van der Waals surface area (Å²) in [4.78, 5) is 0. The molecular formula is C6H12ClNO2S. The minimum atomic E-state index is -3.01. The third-order valence-electron chi connectivity index (χ3n) is 1.57. The van der Waals surface area contributed by atoms with Crippen LogP contribution in [0.15, 0.2) is 0 Å². The zero-order chi connectivity index (χ0) is 8.32. The maximum absolute atomic E-state index is 11.1. The van der Waals surface area contributed by atoms with E-state index in [0.717, 1.165) is 12.8 Å². The third-order valence-corrected chi connectivity index (χ3v) is 3.31. The van der Waals surface area contributed by atoms with Crippen LogP contribution in [0.5, 0.6) is 0 Å². The number of nitrogens with one attached hydrogen (secondary N) is 1. The fourth-order valence-electron chi connectivity index (χ4n) is 0.848. The van der Waals surface area contributed by atoms with Gasteiger partial charge in [0.05, 0.1) is 5.75 Å². The zero-order valence-corrected chi connectivity index (χ0v) is 7.79. The molecule has 66 valence electrons. The third kappa shape index (κ3) is 3.94. The second-order valence-corrected chi connectivity index (χ2v) is 5.04. The van der Waals surface area contributed by atoms with Gasteiger partial charge in [0.15, 0.2) is 0 Å². The molecule has 1 rings (SSSR count). The molecule has 1 aliphatic carbocycles. The summed E-state index contributed by atoms with van der Waals surface area (Å²) in [5, 5.41) is 0. The average molecular weight is 198 g/mol. The van der Waals surface area contributed by atoms with E-state index in [0.29, 0.717) is 18.3 Å². The molecule has 0 atom stereocenters. The molecule has 0 aromatic carbocycles. The van der Waals surface area contributed by atoms with Gasteiger partial charge in [-0.1, -0.05) is 0 Å². The quantitative estimate of drug-likeness (QED) is 0.655. The van der Waals surface area contributed by atoms with Crippen LogP contribution in [0.3, 0.4) is 0 Å². The van der Waals surface area contributed by atoms with Gasteiger partial charge >= 0.3 is 0 Å². The lowest BCUT2D eigenvalue weighted by molar-refractivity contribution is 0.580. The fraction of sp³-hybridized carbons (Fsp3) is 1.00. The van der Waals surface area contributed by atoms with Crippen molar-refractivity contribution in [2.45, 2.75) is 12.8 Å². The average Bonchev–Trinajstić information content (AvgIpc) is 2.67. The van der Waals surface area contributed by atoms with E-state index < -0.39 is 10.0 Å². The summed E-state index contributed by atoms with van der Waals surface area (Å²) < 4.78 is 24.6. The Morgan fingerprint density at radius 1 is 1.45 bits per heavy atom. The number of rotatable bonds is 5. The van der Waals surface area contributed by atoms with Gasteiger partial charge in [0.1, 0.15) is 0 Å². The van der Waals surface area contributed by atoms with Crippen LogP contribution in [0.25, 0.3) is 0 Å². The van der Waals surface area contributed by atoms with Crippen molar-refractivity contribution < 1.29 is 8.42 Å². The monoisotopic (exact) mass is 197 g/mol. The van der Waals surface area contributed by atoms with E-state index in [1.54, 1.807) is 0 Å². The number of hydrogen-bond acceptors (Lipinski definition) is 2. The van der Waals surface area contributed by atoms with Gasteiger partial charge in [-0.3, -0.25) is 0 Å².